The maximum atomic E-state index is 12.5. The zero-order valence-corrected chi connectivity index (χ0v) is 13.8. The molecule has 0 atom stereocenters. The Morgan fingerprint density at radius 2 is 1.85 bits per heavy atom. The second-order valence-electron chi connectivity index (χ2n) is 5.72. The van der Waals surface area contributed by atoms with Crippen LogP contribution in [0.15, 0.2) is 40.9 Å². The number of carbonyl (C=O) groups is 1. The molecule has 0 radical (unpaired) electrons. The van der Waals surface area contributed by atoms with E-state index in [1.165, 1.54) is 0 Å². The van der Waals surface area contributed by atoms with E-state index in [-0.39, 0.29) is 23.5 Å². The molecule has 10 heteroatoms. The summed E-state index contributed by atoms with van der Waals surface area (Å²) in [5, 5.41) is 14.1. The molecule has 0 unspecified atom stereocenters. The SMILES string of the molecule is CC(C)n1ccc(-c2nnc(NC(=O)c3ccc(C(F)(F)F)cc3)o2)n1. The molecule has 3 aromatic rings. The standard InChI is InChI=1S/C16H14F3N5O2/c1-9(2)24-8-7-12(23-24)14-21-22-15(26-14)20-13(25)10-3-5-11(6-4-10)16(17,18)19/h3-9H,1-2H3,(H,20,22,25). The number of carbonyl (C=O) groups excluding carboxylic acids is 1. The Balaban J connectivity index is 1.71. The zero-order chi connectivity index (χ0) is 18.9. The van der Waals surface area contributed by atoms with Gasteiger partial charge in [-0.25, -0.2) is 0 Å². The van der Waals surface area contributed by atoms with Crippen LogP contribution in [0, 0.1) is 0 Å². The first kappa shape index (κ1) is 17.6. The van der Waals surface area contributed by atoms with Gasteiger partial charge in [0.25, 0.3) is 11.8 Å². The molecular weight excluding hydrogens is 351 g/mol. The van der Waals surface area contributed by atoms with Gasteiger partial charge in [0.05, 0.1) is 5.56 Å². The van der Waals surface area contributed by atoms with Gasteiger partial charge in [-0.15, -0.1) is 5.10 Å². The van der Waals surface area contributed by atoms with Crippen molar-refractivity contribution in [1.82, 2.24) is 20.0 Å². The van der Waals surface area contributed by atoms with E-state index in [2.05, 4.69) is 20.6 Å². The number of nitrogens with zero attached hydrogens (tertiary/aromatic N) is 4. The lowest BCUT2D eigenvalue weighted by Gasteiger charge is -2.07. The van der Waals surface area contributed by atoms with Gasteiger partial charge >= 0.3 is 12.2 Å². The van der Waals surface area contributed by atoms with Crippen molar-refractivity contribution in [2.45, 2.75) is 26.1 Å². The minimum atomic E-state index is -4.46. The van der Waals surface area contributed by atoms with Crippen LogP contribution in [0.3, 0.4) is 0 Å². The molecule has 0 aliphatic carbocycles. The summed E-state index contributed by atoms with van der Waals surface area (Å²) in [6.45, 7) is 3.92. The monoisotopic (exact) mass is 365 g/mol. The molecule has 1 aromatic carbocycles. The average Bonchev–Trinajstić information content (AvgIpc) is 3.23. The van der Waals surface area contributed by atoms with Crippen LogP contribution in [-0.2, 0) is 6.18 Å². The molecule has 0 aliphatic rings. The Hall–Kier alpha value is -3.17. The van der Waals surface area contributed by atoms with E-state index in [1.807, 2.05) is 13.8 Å². The van der Waals surface area contributed by atoms with Crippen molar-refractivity contribution >= 4 is 11.9 Å². The van der Waals surface area contributed by atoms with E-state index >= 15 is 0 Å². The minimum Gasteiger partial charge on any atom is -0.401 e. The third kappa shape index (κ3) is 3.73. The highest BCUT2D eigenvalue weighted by Gasteiger charge is 2.30. The highest BCUT2D eigenvalue weighted by molar-refractivity contribution is 6.03. The molecule has 2 aromatic heterocycles. The van der Waals surface area contributed by atoms with Crippen molar-refractivity contribution in [2.24, 2.45) is 0 Å². The summed E-state index contributed by atoms with van der Waals surface area (Å²) in [5.74, 6) is -0.547. The highest BCUT2D eigenvalue weighted by atomic mass is 19.4. The molecule has 2 heterocycles. The van der Waals surface area contributed by atoms with Crippen molar-refractivity contribution < 1.29 is 22.4 Å². The van der Waals surface area contributed by atoms with E-state index in [4.69, 9.17) is 4.42 Å². The normalized spacial score (nSPS) is 11.8. The Kier molecular flexibility index (Phi) is 4.49. The van der Waals surface area contributed by atoms with E-state index in [0.717, 1.165) is 24.3 Å². The second-order valence-corrected chi connectivity index (χ2v) is 5.72. The molecule has 0 saturated carbocycles. The first-order valence-electron chi connectivity index (χ1n) is 7.61. The molecule has 0 aliphatic heterocycles. The number of benzene rings is 1. The molecule has 26 heavy (non-hydrogen) atoms. The van der Waals surface area contributed by atoms with E-state index in [0.29, 0.717) is 5.69 Å². The molecular formula is C16H14F3N5O2. The van der Waals surface area contributed by atoms with Crippen LogP contribution in [0.5, 0.6) is 0 Å². The van der Waals surface area contributed by atoms with Gasteiger partial charge in [-0.1, -0.05) is 5.10 Å². The Morgan fingerprint density at radius 1 is 1.15 bits per heavy atom. The fraction of sp³-hybridized carbons (Fsp3) is 0.250. The summed E-state index contributed by atoms with van der Waals surface area (Å²) in [6, 6.07) is 5.46. The lowest BCUT2D eigenvalue weighted by Crippen LogP contribution is -2.13. The van der Waals surface area contributed by atoms with Crippen LogP contribution in [0.1, 0.15) is 35.8 Å². The van der Waals surface area contributed by atoms with Gasteiger partial charge in [0.15, 0.2) is 0 Å². The molecule has 0 bridgehead atoms. The number of amides is 1. The largest absolute Gasteiger partial charge is 0.416 e. The summed E-state index contributed by atoms with van der Waals surface area (Å²) >= 11 is 0. The fourth-order valence-electron chi connectivity index (χ4n) is 2.10. The smallest absolute Gasteiger partial charge is 0.401 e. The van der Waals surface area contributed by atoms with Crippen molar-refractivity contribution in [3.8, 4) is 11.6 Å². The lowest BCUT2D eigenvalue weighted by atomic mass is 10.1. The first-order chi connectivity index (χ1) is 12.2. The number of nitrogens with one attached hydrogen (secondary N) is 1. The van der Waals surface area contributed by atoms with Gasteiger partial charge < -0.3 is 4.42 Å². The summed E-state index contributed by atoms with van der Waals surface area (Å²) in [5.41, 5.74) is -0.363. The van der Waals surface area contributed by atoms with E-state index < -0.39 is 17.6 Å². The predicted octanol–water partition coefficient (Wildman–Crippen LogP) is 3.79. The molecule has 1 N–H and O–H groups in total. The third-order valence-electron chi connectivity index (χ3n) is 3.48. The summed E-state index contributed by atoms with van der Waals surface area (Å²) in [7, 11) is 0. The number of rotatable bonds is 4. The fourth-order valence-corrected chi connectivity index (χ4v) is 2.10. The van der Waals surface area contributed by atoms with Gasteiger partial charge in [0, 0.05) is 17.8 Å². The predicted molar refractivity (Wildman–Crippen MR) is 85.3 cm³/mol. The van der Waals surface area contributed by atoms with Gasteiger partial charge in [0.1, 0.15) is 5.69 Å². The first-order valence-corrected chi connectivity index (χ1v) is 7.61. The summed E-state index contributed by atoms with van der Waals surface area (Å²) in [4.78, 5) is 12.1. The maximum absolute atomic E-state index is 12.5. The van der Waals surface area contributed by atoms with Crippen LogP contribution in [0.4, 0.5) is 19.2 Å². The second kappa shape index (κ2) is 6.62. The molecule has 3 rings (SSSR count). The van der Waals surface area contributed by atoms with Crippen LogP contribution in [0.25, 0.3) is 11.6 Å². The molecule has 136 valence electrons. The molecule has 0 saturated heterocycles. The van der Waals surface area contributed by atoms with E-state index in [1.54, 1.807) is 16.9 Å². The van der Waals surface area contributed by atoms with Gasteiger partial charge in [-0.05, 0) is 44.2 Å². The zero-order valence-electron chi connectivity index (χ0n) is 13.8. The number of halogens is 3. The third-order valence-corrected chi connectivity index (χ3v) is 3.48. The number of hydrogen-bond acceptors (Lipinski definition) is 5. The number of alkyl halides is 3. The summed E-state index contributed by atoms with van der Waals surface area (Å²) in [6.07, 6.45) is -2.71. The van der Waals surface area contributed by atoms with Crippen LogP contribution < -0.4 is 5.32 Å². The topological polar surface area (TPSA) is 85.8 Å². The van der Waals surface area contributed by atoms with Crippen LogP contribution in [0.2, 0.25) is 0 Å². The minimum absolute atomic E-state index is 0.0295. The molecule has 7 nitrogen and oxygen atoms in total. The van der Waals surface area contributed by atoms with Crippen molar-refractivity contribution in [2.75, 3.05) is 5.32 Å². The van der Waals surface area contributed by atoms with Gasteiger partial charge in [-0.2, -0.15) is 18.3 Å². The number of aromatic nitrogens is 4. The Morgan fingerprint density at radius 3 is 2.42 bits per heavy atom. The Labute approximate surface area is 145 Å². The average molecular weight is 365 g/mol. The van der Waals surface area contributed by atoms with Crippen LogP contribution >= 0.6 is 0 Å². The highest BCUT2D eigenvalue weighted by Crippen LogP contribution is 2.29. The van der Waals surface area contributed by atoms with Crippen molar-refractivity contribution in [3.05, 3.63) is 47.7 Å². The van der Waals surface area contributed by atoms with Gasteiger partial charge in [0.2, 0.25) is 0 Å². The molecule has 1 amide bonds. The molecule has 0 spiro atoms. The maximum Gasteiger partial charge on any atom is 0.416 e. The quantitative estimate of drug-likeness (QED) is 0.760. The molecule has 0 fully saturated rings. The van der Waals surface area contributed by atoms with Crippen LogP contribution in [-0.4, -0.2) is 25.9 Å². The van der Waals surface area contributed by atoms with E-state index in [9.17, 15) is 18.0 Å². The summed E-state index contributed by atoms with van der Waals surface area (Å²) < 4.78 is 44.7. The number of hydrogen-bond donors (Lipinski definition) is 1. The van der Waals surface area contributed by atoms with Crippen molar-refractivity contribution in [1.29, 1.82) is 0 Å². The Bertz CT molecular complexity index is 913. The number of anilines is 1. The lowest BCUT2D eigenvalue weighted by molar-refractivity contribution is -0.137. The van der Waals surface area contributed by atoms with Crippen molar-refractivity contribution in [3.63, 3.8) is 0 Å². The van der Waals surface area contributed by atoms with Gasteiger partial charge in [-0.3, -0.25) is 14.8 Å².